The van der Waals surface area contributed by atoms with Crippen molar-refractivity contribution in [1.29, 1.82) is 0 Å². The summed E-state index contributed by atoms with van der Waals surface area (Å²) in [7, 11) is 1.82. The van der Waals surface area contributed by atoms with Crippen LogP contribution in [0.2, 0.25) is 0 Å². The van der Waals surface area contributed by atoms with E-state index < -0.39 is 0 Å². The van der Waals surface area contributed by atoms with Gasteiger partial charge < -0.3 is 4.74 Å². The fourth-order valence-corrected chi connectivity index (χ4v) is 2.87. The molecule has 1 rings (SSSR count). The molecule has 2 atom stereocenters. The molecule has 1 unspecified atom stereocenters. The molecule has 0 fully saturated rings. The van der Waals surface area contributed by atoms with Crippen molar-refractivity contribution in [2.45, 2.75) is 52.9 Å². The quantitative estimate of drug-likeness (QED) is 0.650. The van der Waals surface area contributed by atoms with E-state index in [0.29, 0.717) is 11.8 Å². The Morgan fingerprint density at radius 2 is 1.74 bits per heavy atom. The van der Waals surface area contributed by atoms with Gasteiger partial charge in [-0.1, -0.05) is 70.9 Å². The molecule has 108 valence electrons. The van der Waals surface area contributed by atoms with Crippen molar-refractivity contribution in [3.8, 4) is 0 Å². The first-order valence-electron chi connectivity index (χ1n) is 7.54. The Morgan fingerprint density at radius 3 is 2.21 bits per heavy atom. The Bertz CT molecular complexity index is 336. The molecule has 0 heterocycles. The highest BCUT2D eigenvalue weighted by Gasteiger charge is 2.32. The van der Waals surface area contributed by atoms with Crippen LogP contribution < -0.4 is 0 Å². The van der Waals surface area contributed by atoms with E-state index in [1.54, 1.807) is 0 Å². The summed E-state index contributed by atoms with van der Waals surface area (Å²) in [6.07, 6.45) is 3.80. The summed E-state index contributed by atoms with van der Waals surface area (Å²) in [5.41, 5.74) is 1.73. The van der Waals surface area contributed by atoms with Crippen LogP contribution in [0, 0.1) is 11.3 Å². The van der Waals surface area contributed by atoms with Crippen LogP contribution in [0.15, 0.2) is 30.3 Å². The number of ether oxygens (including phenoxy) is 1. The molecule has 1 aromatic carbocycles. The molecule has 0 aliphatic heterocycles. The Hall–Kier alpha value is -0.820. The molecule has 0 N–H and O–H groups in total. The first-order valence-corrected chi connectivity index (χ1v) is 7.54. The predicted molar refractivity (Wildman–Crippen MR) is 83.5 cm³/mol. The van der Waals surface area contributed by atoms with Gasteiger partial charge in [-0.15, -0.1) is 0 Å². The van der Waals surface area contributed by atoms with Crippen LogP contribution in [0.1, 0.15) is 58.4 Å². The molecular formula is C18H30O. The summed E-state index contributed by atoms with van der Waals surface area (Å²) < 4.78 is 5.51. The number of hydrogen-bond acceptors (Lipinski definition) is 1. The molecule has 0 amide bonds. The number of hydrogen-bond donors (Lipinski definition) is 0. The minimum Gasteiger partial charge on any atom is -0.384 e. The Kier molecular flexibility index (Phi) is 6.57. The Balaban J connectivity index is 2.99. The van der Waals surface area contributed by atoms with Crippen LogP contribution in [-0.4, -0.2) is 13.7 Å². The Morgan fingerprint density at radius 1 is 1.11 bits per heavy atom. The summed E-state index contributed by atoms with van der Waals surface area (Å²) >= 11 is 0. The second kappa shape index (κ2) is 7.69. The van der Waals surface area contributed by atoms with Crippen molar-refractivity contribution in [2.24, 2.45) is 11.3 Å². The maximum atomic E-state index is 5.51. The van der Waals surface area contributed by atoms with E-state index in [4.69, 9.17) is 4.74 Å². The van der Waals surface area contributed by atoms with Crippen molar-refractivity contribution in [3.63, 3.8) is 0 Å². The van der Waals surface area contributed by atoms with Gasteiger partial charge in [0.15, 0.2) is 0 Å². The molecule has 0 aliphatic carbocycles. The highest BCUT2D eigenvalue weighted by molar-refractivity contribution is 5.21. The van der Waals surface area contributed by atoms with Crippen molar-refractivity contribution in [2.75, 3.05) is 13.7 Å². The van der Waals surface area contributed by atoms with Gasteiger partial charge in [0.1, 0.15) is 0 Å². The van der Waals surface area contributed by atoms with Gasteiger partial charge in [-0.2, -0.15) is 0 Å². The average Bonchev–Trinajstić information content (AvgIpc) is 2.38. The van der Waals surface area contributed by atoms with Crippen LogP contribution in [0.4, 0.5) is 0 Å². The lowest BCUT2D eigenvalue weighted by molar-refractivity contribution is 0.0688. The molecule has 0 saturated carbocycles. The molecule has 1 aromatic rings. The van der Waals surface area contributed by atoms with E-state index in [-0.39, 0.29) is 5.41 Å². The van der Waals surface area contributed by atoms with E-state index in [1.165, 1.54) is 24.8 Å². The lowest BCUT2D eigenvalue weighted by Gasteiger charge is -2.37. The highest BCUT2D eigenvalue weighted by Crippen LogP contribution is 2.40. The van der Waals surface area contributed by atoms with Gasteiger partial charge in [0.2, 0.25) is 0 Å². The van der Waals surface area contributed by atoms with E-state index in [1.807, 2.05) is 7.11 Å². The van der Waals surface area contributed by atoms with E-state index >= 15 is 0 Å². The van der Waals surface area contributed by atoms with Crippen molar-refractivity contribution >= 4 is 0 Å². The van der Waals surface area contributed by atoms with Crippen molar-refractivity contribution in [3.05, 3.63) is 35.9 Å². The summed E-state index contributed by atoms with van der Waals surface area (Å²) in [6.45, 7) is 10.1. The standard InChI is InChI=1S/C18H30O/c1-6-7-13-16(15-11-9-8-10-12-15)17(14-19-5)18(2,3)4/h8-12,16-17H,6-7,13-14H2,1-5H3/t16?,17-/m1/s1. The molecular weight excluding hydrogens is 232 g/mol. The fraction of sp³-hybridized carbons (Fsp3) is 0.667. The third-order valence-corrected chi connectivity index (χ3v) is 4.04. The zero-order valence-electron chi connectivity index (χ0n) is 13.3. The lowest BCUT2D eigenvalue weighted by Crippen LogP contribution is -2.31. The van der Waals surface area contributed by atoms with Gasteiger partial charge in [-0.05, 0) is 29.2 Å². The number of methoxy groups -OCH3 is 1. The highest BCUT2D eigenvalue weighted by atomic mass is 16.5. The van der Waals surface area contributed by atoms with Gasteiger partial charge >= 0.3 is 0 Å². The molecule has 1 nitrogen and oxygen atoms in total. The van der Waals surface area contributed by atoms with Crippen molar-refractivity contribution in [1.82, 2.24) is 0 Å². The fourth-order valence-electron chi connectivity index (χ4n) is 2.87. The number of rotatable bonds is 7. The topological polar surface area (TPSA) is 9.23 Å². The van der Waals surface area contributed by atoms with Gasteiger partial charge in [-0.3, -0.25) is 0 Å². The first kappa shape index (κ1) is 16.2. The number of benzene rings is 1. The van der Waals surface area contributed by atoms with Gasteiger partial charge in [0.25, 0.3) is 0 Å². The van der Waals surface area contributed by atoms with E-state index in [9.17, 15) is 0 Å². The van der Waals surface area contributed by atoms with Crippen molar-refractivity contribution < 1.29 is 4.74 Å². The van der Waals surface area contributed by atoms with Gasteiger partial charge in [0.05, 0.1) is 6.61 Å². The zero-order chi connectivity index (χ0) is 14.3. The summed E-state index contributed by atoms with van der Waals surface area (Å²) in [5.74, 6) is 1.16. The van der Waals surface area contributed by atoms with Crippen LogP contribution in [0.25, 0.3) is 0 Å². The Labute approximate surface area is 119 Å². The van der Waals surface area contributed by atoms with Crippen LogP contribution in [-0.2, 0) is 4.74 Å². The van der Waals surface area contributed by atoms with Crippen LogP contribution in [0.5, 0.6) is 0 Å². The molecule has 0 spiro atoms. The minimum absolute atomic E-state index is 0.268. The van der Waals surface area contributed by atoms with Gasteiger partial charge in [-0.25, -0.2) is 0 Å². The molecule has 0 bridgehead atoms. The first-order chi connectivity index (χ1) is 9.00. The predicted octanol–water partition coefficient (Wildman–Crippen LogP) is 5.27. The minimum atomic E-state index is 0.268. The summed E-state index contributed by atoms with van der Waals surface area (Å²) in [6, 6.07) is 11.0. The second-order valence-corrected chi connectivity index (χ2v) is 6.59. The van der Waals surface area contributed by atoms with E-state index in [0.717, 1.165) is 6.61 Å². The molecule has 19 heavy (non-hydrogen) atoms. The second-order valence-electron chi connectivity index (χ2n) is 6.59. The largest absolute Gasteiger partial charge is 0.384 e. The molecule has 0 aliphatic rings. The summed E-state index contributed by atoms with van der Waals surface area (Å²) in [4.78, 5) is 0. The summed E-state index contributed by atoms with van der Waals surface area (Å²) in [5, 5.41) is 0. The third kappa shape index (κ3) is 4.99. The lowest BCUT2D eigenvalue weighted by atomic mass is 9.69. The average molecular weight is 262 g/mol. The normalized spacial score (nSPS) is 15.2. The van der Waals surface area contributed by atoms with Gasteiger partial charge in [0, 0.05) is 7.11 Å². The molecule has 0 saturated heterocycles. The molecule has 0 aromatic heterocycles. The molecule has 1 heteroatoms. The third-order valence-electron chi connectivity index (χ3n) is 4.04. The smallest absolute Gasteiger partial charge is 0.0501 e. The number of unbranched alkanes of at least 4 members (excludes halogenated alkanes) is 1. The zero-order valence-corrected chi connectivity index (χ0v) is 13.3. The van der Waals surface area contributed by atoms with E-state index in [2.05, 4.69) is 58.0 Å². The molecule has 0 radical (unpaired) electrons. The van der Waals surface area contributed by atoms with Crippen LogP contribution in [0.3, 0.4) is 0 Å². The SMILES string of the molecule is CCCCC(c1ccccc1)[C@@H](COC)C(C)(C)C. The monoisotopic (exact) mass is 262 g/mol. The van der Waals surface area contributed by atoms with Crippen LogP contribution >= 0.6 is 0 Å². The maximum Gasteiger partial charge on any atom is 0.0501 e. The maximum absolute atomic E-state index is 5.51.